The second kappa shape index (κ2) is 4.16. The highest BCUT2D eigenvalue weighted by atomic mass is 32.1. The Morgan fingerprint density at radius 1 is 1.33 bits per heavy atom. The Morgan fingerprint density at radius 2 is 2.06 bits per heavy atom. The highest BCUT2D eigenvalue weighted by molar-refractivity contribution is 7.13. The molecular weight excluding hydrogens is 254 g/mol. The first-order valence-corrected chi connectivity index (χ1v) is 6.53. The predicted octanol–water partition coefficient (Wildman–Crippen LogP) is 0.999. The van der Waals surface area contributed by atoms with Gasteiger partial charge in [0.1, 0.15) is 5.51 Å². The molecule has 2 unspecified atom stereocenters. The molecule has 2 aliphatic carbocycles. The molecule has 0 aromatic carbocycles. The lowest BCUT2D eigenvalue weighted by Gasteiger charge is -2.23. The van der Waals surface area contributed by atoms with Crippen molar-refractivity contribution in [3.63, 3.8) is 0 Å². The van der Waals surface area contributed by atoms with Crippen LogP contribution in [0.4, 0.5) is 5.13 Å². The number of aliphatic carboxylic acids is 1. The van der Waals surface area contributed by atoms with E-state index in [4.69, 9.17) is 0 Å². The number of carboxylic acids is 1. The van der Waals surface area contributed by atoms with Gasteiger partial charge < -0.3 is 10.4 Å². The van der Waals surface area contributed by atoms with Crippen LogP contribution in [-0.4, -0.2) is 27.2 Å². The smallest absolute Gasteiger partial charge is 0.307 e. The molecule has 0 spiro atoms. The minimum atomic E-state index is -0.899. The molecule has 18 heavy (non-hydrogen) atoms. The maximum Gasteiger partial charge on any atom is 0.307 e. The number of nitrogens with one attached hydrogen (secondary N) is 1. The van der Waals surface area contributed by atoms with Gasteiger partial charge in [-0.25, -0.2) is 0 Å². The number of allylic oxidation sites excluding steroid dienone is 2. The second-order valence-corrected chi connectivity index (χ2v) is 5.40. The molecule has 6 nitrogen and oxygen atoms in total. The van der Waals surface area contributed by atoms with Crippen molar-refractivity contribution in [3.05, 3.63) is 17.7 Å². The first-order valence-electron chi connectivity index (χ1n) is 5.65. The van der Waals surface area contributed by atoms with Crippen molar-refractivity contribution in [3.8, 4) is 0 Å². The topological polar surface area (TPSA) is 92.2 Å². The van der Waals surface area contributed by atoms with E-state index in [0.29, 0.717) is 5.13 Å². The Morgan fingerprint density at radius 3 is 2.67 bits per heavy atom. The van der Waals surface area contributed by atoms with Crippen LogP contribution in [-0.2, 0) is 9.59 Å². The van der Waals surface area contributed by atoms with Crippen LogP contribution in [0.1, 0.15) is 6.42 Å². The van der Waals surface area contributed by atoms with Gasteiger partial charge in [-0.2, -0.15) is 0 Å². The molecule has 3 rings (SSSR count). The van der Waals surface area contributed by atoms with E-state index >= 15 is 0 Å². The Bertz CT molecular complexity index is 514. The SMILES string of the molecule is O=C(O)[C@@H]1C2C=CC(C2)[C@@H]1C(=O)Nc1nncs1. The number of carbonyl (C=O) groups excluding carboxylic acids is 1. The van der Waals surface area contributed by atoms with Gasteiger partial charge in [0.25, 0.3) is 0 Å². The fourth-order valence-electron chi connectivity index (χ4n) is 2.93. The van der Waals surface area contributed by atoms with Crippen molar-refractivity contribution in [1.82, 2.24) is 10.2 Å². The summed E-state index contributed by atoms with van der Waals surface area (Å²) >= 11 is 1.22. The minimum Gasteiger partial charge on any atom is -0.481 e. The number of carboxylic acid groups (broad SMARTS) is 1. The van der Waals surface area contributed by atoms with Gasteiger partial charge in [-0.1, -0.05) is 23.5 Å². The molecule has 0 radical (unpaired) electrons. The first kappa shape index (κ1) is 11.3. The summed E-state index contributed by atoms with van der Waals surface area (Å²) < 4.78 is 0. The van der Waals surface area contributed by atoms with Crippen molar-refractivity contribution < 1.29 is 14.7 Å². The van der Waals surface area contributed by atoms with Gasteiger partial charge in [-0.15, -0.1) is 10.2 Å². The molecule has 1 heterocycles. The van der Waals surface area contributed by atoms with E-state index in [-0.39, 0.29) is 17.7 Å². The monoisotopic (exact) mass is 265 g/mol. The summed E-state index contributed by atoms with van der Waals surface area (Å²) in [5, 5.41) is 19.7. The van der Waals surface area contributed by atoms with Crippen LogP contribution in [0.5, 0.6) is 0 Å². The van der Waals surface area contributed by atoms with Gasteiger partial charge in [0.05, 0.1) is 11.8 Å². The number of hydrogen-bond acceptors (Lipinski definition) is 5. The van der Waals surface area contributed by atoms with E-state index in [0.717, 1.165) is 6.42 Å². The lowest BCUT2D eigenvalue weighted by molar-refractivity contribution is -0.146. The van der Waals surface area contributed by atoms with Crippen LogP contribution in [0.15, 0.2) is 17.7 Å². The van der Waals surface area contributed by atoms with Gasteiger partial charge in [-0.3, -0.25) is 9.59 Å². The Labute approximate surface area is 107 Å². The standard InChI is InChI=1S/C11H11N3O3S/c15-9(13-11-14-12-4-18-11)7-5-1-2-6(3-5)8(7)10(16)17/h1-2,4-8H,3H2,(H,16,17)(H,13,14,15)/t5?,6?,7-,8+/m0/s1. The summed E-state index contributed by atoms with van der Waals surface area (Å²) in [6, 6.07) is 0. The van der Waals surface area contributed by atoms with Gasteiger partial charge in [0.2, 0.25) is 11.0 Å². The first-order chi connectivity index (χ1) is 8.66. The van der Waals surface area contributed by atoms with Gasteiger partial charge in [-0.05, 0) is 18.3 Å². The number of nitrogens with zero attached hydrogens (tertiary/aromatic N) is 2. The van der Waals surface area contributed by atoms with E-state index in [1.54, 1.807) is 0 Å². The molecule has 94 valence electrons. The molecular formula is C11H11N3O3S. The van der Waals surface area contributed by atoms with E-state index in [1.165, 1.54) is 16.8 Å². The summed E-state index contributed by atoms with van der Waals surface area (Å²) in [7, 11) is 0. The van der Waals surface area contributed by atoms with Gasteiger partial charge in [0, 0.05) is 0 Å². The Balaban J connectivity index is 1.80. The molecule has 7 heteroatoms. The zero-order valence-corrected chi connectivity index (χ0v) is 10.1. The highest BCUT2D eigenvalue weighted by Crippen LogP contribution is 2.48. The lowest BCUT2D eigenvalue weighted by Crippen LogP contribution is -2.36. The van der Waals surface area contributed by atoms with E-state index in [2.05, 4.69) is 15.5 Å². The summed E-state index contributed by atoms with van der Waals surface area (Å²) in [5.74, 6) is -2.27. The van der Waals surface area contributed by atoms with Crippen LogP contribution in [0.2, 0.25) is 0 Å². The van der Waals surface area contributed by atoms with Crippen molar-refractivity contribution in [1.29, 1.82) is 0 Å². The average Bonchev–Trinajstić information content (AvgIpc) is 3.03. The van der Waals surface area contributed by atoms with Crippen molar-refractivity contribution in [2.24, 2.45) is 23.7 Å². The zero-order chi connectivity index (χ0) is 12.7. The van der Waals surface area contributed by atoms with Gasteiger partial charge >= 0.3 is 5.97 Å². The van der Waals surface area contributed by atoms with E-state index in [1.807, 2.05) is 12.2 Å². The summed E-state index contributed by atoms with van der Waals surface area (Å²) in [6.45, 7) is 0. The predicted molar refractivity (Wildman–Crippen MR) is 63.9 cm³/mol. The fourth-order valence-corrected chi connectivity index (χ4v) is 3.38. The van der Waals surface area contributed by atoms with Crippen molar-refractivity contribution >= 4 is 28.3 Å². The van der Waals surface area contributed by atoms with Gasteiger partial charge in [0.15, 0.2) is 0 Å². The van der Waals surface area contributed by atoms with Crippen molar-refractivity contribution in [2.45, 2.75) is 6.42 Å². The molecule has 0 aliphatic heterocycles. The molecule has 1 aromatic heterocycles. The summed E-state index contributed by atoms with van der Waals surface area (Å²) in [6.07, 6.45) is 4.62. The highest BCUT2D eigenvalue weighted by Gasteiger charge is 2.51. The molecule has 0 saturated heterocycles. The number of aromatic nitrogens is 2. The fraction of sp³-hybridized carbons (Fsp3) is 0.455. The molecule has 2 bridgehead atoms. The number of carbonyl (C=O) groups is 2. The molecule has 2 N–H and O–H groups in total. The molecule has 1 saturated carbocycles. The van der Waals surface area contributed by atoms with E-state index < -0.39 is 17.8 Å². The second-order valence-electron chi connectivity index (χ2n) is 4.57. The average molecular weight is 265 g/mol. The molecule has 1 fully saturated rings. The van der Waals surface area contributed by atoms with Crippen molar-refractivity contribution in [2.75, 3.05) is 5.32 Å². The molecule has 2 aliphatic rings. The van der Waals surface area contributed by atoms with Crippen LogP contribution in [0.25, 0.3) is 0 Å². The number of fused-ring (bicyclic) bond motifs is 2. The van der Waals surface area contributed by atoms with Crippen LogP contribution in [0, 0.1) is 23.7 Å². The van der Waals surface area contributed by atoms with Crippen LogP contribution < -0.4 is 5.32 Å². The summed E-state index contributed by atoms with van der Waals surface area (Å²) in [4.78, 5) is 23.4. The number of hydrogen-bond donors (Lipinski definition) is 2. The molecule has 1 aromatic rings. The summed E-state index contributed by atoms with van der Waals surface area (Å²) in [5.41, 5.74) is 1.52. The molecule has 1 amide bonds. The maximum absolute atomic E-state index is 12.1. The Kier molecular flexibility index (Phi) is 2.62. The minimum absolute atomic E-state index is 0.0160. The number of amides is 1. The maximum atomic E-state index is 12.1. The van der Waals surface area contributed by atoms with Crippen LogP contribution in [0.3, 0.4) is 0 Å². The largest absolute Gasteiger partial charge is 0.481 e. The third-order valence-corrected chi connectivity index (χ3v) is 4.24. The number of rotatable bonds is 3. The number of anilines is 1. The third-order valence-electron chi connectivity index (χ3n) is 3.64. The van der Waals surface area contributed by atoms with Crippen LogP contribution >= 0.6 is 11.3 Å². The normalized spacial score (nSPS) is 32.7. The Hall–Kier alpha value is -1.76. The quantitative estimate of drug-likeness (QED) is 0.795. The third kappa shape index (κ3) is 1.71. The molecule has 4 atom stereocenters. The lowest BCUT2D eigenvalue weighted by atomic mass is 9.82. The van der Waals surface area contributed by atoms with E-state index in [9.17, 15) is 14.7 Å². The zero-order valence-electron chi connectivity index (χ0n) is 9.31.